The van der Waals surface area contributed by atoms with E-state index in [2.05, 4.69) is 37.2 Å². The van der Waals surface area contributed by atoms with Crippen molar-refractivity contribution < 1.29 is 88.5 Å². The fourth-order valence-corrected chi connectivity index (χ4v) is 10.3. The number of fused-ring (bicyclic) bond motifs is 2. The summed E-state index contributed by atoms with van der Waals surface area (Å²) >= 11 is 0.770. The van der Waals surface area contributed by atoms with Gasteiger partial charge in [0.2, 0.25) is 17.7 Å². The number of carbonyl (C=O) groups excluding carboxylic acids is 4. The summed E-state index contributed by atoms with van der Waals surface area (Å²) in [5.41, 5.74) is 0.710. The van der Waals surface area contributed by atoms with Crippen LogP contribution < -0.4 is 37.2 Å². The quantitative estimate of drug-likeness (QED) is 0.0267. The molecule has 1 aliphatic carbocycles. The van der Waals surface area contributed by atoms with Gasteiger partial charge in [-0.05, 0) is 77.6 Å². The largest absolute Gasteiger partial charge is 0.481 e. The second-order valence-corrected chi connectivity index (χ2v) is 20.7. The number of thioether (sulfide) groups is 1. The van der Waals surface area contributed by atoms with Crippen LogP contribution in [-0.4, -0.2) is 219 Å². The number of benzene rings is 3. The minimum absolute atomic E-state index is 0.0307. The van der Waals surface area contributed by atoms with Gasteiger partial charge in [-0.3, -0.25) is 43.4 Å². The minimum Gasteiger partial charge on any atom is -0.481 e. The Morgan fingerprint density at radius 2 is 1.07 bits per heavy atom. The summed E-state index contributed by atoms with van der Waals surface area (Å²) in [6.45, 7) is 0.527. The number of hydrogen-bond donors (Lipinski definition) is 14. The third kappa shape index (κ3) is 24.3. The molecular weight excluding hydrogens is 1080 g/mol. The molecule has 0 saturated heterocycles. The van der Waals surface area contributed by atoms with Crippen LogP contribution in [0.5, 0.6) is 0 Å². The van der Waals surface area contributed by atoms with E-state index in [1.54, 1.807) is 9.80 Å². The number of rotatable bonds is 39. The lowest BCUT2D eigenvalue weighted by molar-refractivity contribution is -0.142. The summed E-state index contributed by atoms with van der Waals surface area (Å²) in [4.78, 5) is 139. The van der Waals surface area contributed by atoms with E-state index in [1.807, 2.05) is 54.6 Å². The van der Waals surface area contributed by atoms with E-state index in [-0.39, 0.29) is 116 Å². The first-order chi connectivity index (χ1) is 38.6. The van der Waals surface area contributed by atoms with Gasteiger partial charge in [-0.25, -0.2) is 19.2 Å². The summed E-state index contributed by atoms with van der Waals surface area (Å²) in [5, 5.41) is 87.4. The Morgan fingerprint density at radius 3 is 1.59 bits per heavy atom. The van der Waals surface area contributed by atoms with E-state index in [9.17, 15) is 73.2 Å². The van der Waals surface area contributed by atoms with Crippen molar-refractivity contribution in [2.75, 3.05) is 83.5 Å². The fraction of sp³-hybridized carbons (Fsp3) is 0.528. The van der Waals surface area contributed by atoms with E-state index in [1.165, 1.54) is 0 Å². The van der Waals surface area contributed by atoms with Crippen LogP contribution in [0.25, 0.3) is 21.5 Å². The molecule has 0 heterocycles. The molecule has 1 fully saturated rings. The Balaban J connectivity index is 1.42. The predicted octanol–water partition coefficient (Wildman–Crippen LogP) is 0.133. The Hall–Kier alpha value is -7.66. The smallest absolute Gasteiger partial charge is 0.327 e. The van der Waals surface area contributed by atoms with E-state index in [0.717, 1.165) is 33.3 Å². The molecule has 3 aromatic rings. The lowest BCUT2D eigenvalue weighted by Gasteiger charge is -2.30. The highest BCUT2D eigenvalue weighted by Gasteiger charge is 2.33. The number of amides is 5. The average molecular weight is 1160 g/mol. The zero-order chi connectivity index (χ0) is 59.4. The molecule has 5 amide bonds. The molecule has 1 saturated carbocycles. The molecular formula is C53H73N9O18S. The van der Waals surface area contributed by atoms with Crippen molar-refractivity contribution in [3.63, 3.8) is 0 Å². The van der Waals surface area contributed by atoms with Crippen LogP contribution in [0.15, 0.2) is 54.6 Å². The first kappa shape index (κ1) is 65.9. The highest BCUT2D eigenvalue weighted by Crippen LogP contribution is 2.31. The zero-order valence-electron chi connectivity index (χ0n) is 44.6. The Morgan fingerprint density at radius 1 is 0.556 bits per heavy atom. The van der Waals surface area contributed by atoms with Crippen LogP contribution in [-0.2, 0) is 54.4 Å². The summed E-state index contributed by atoms with van der Waals surface area (Å²) in [6.07, 6.45) is 1.69. The Bertz CT molecular complexity index is 2620. The number of urea groups is 1. The van der Waals surface area contributed by atoms with Crippen molar-refractivity contribution in [3.05, 3.63) is 60.2 Å². The van der Waals surface area contributed by atoms with Crippen molar-refractivity contribution in [1.82, 2.24) is 47.0 Å². The Labute approximate surface area is 470 Å². The van der Waals surface area contributed by atoms with Gasteiger partial charge in [-0.1, -0.05) is 55.0 Å². The van der Waals surface area contributed by atoms with Crippen molar-refractivity contribution in [2.24, 2.45) is 11.8 Å². The molecule has 1 aliphatic rings. The fourth-order valence-electron chi connectivity index (χ4n) is 9.22. The van der Waals surface area contributed by atoms with E-state index in [4.69, 9.17) is 15.3 Å². The van der Waals surface area contributed by atoms with Crippen LogP contribution in [0.4, 0.5) is 4.79 Å². The molecule has 4 rings (SSSR count). The number of carbonyl (C=O) groups is 11. The molecule has 0 radical (unpaired) electrons. The van der Waals surface area contributed by atoms with Crippen molar-refractivity contribution in [3.8, 4) is 0 Å². The van der Waals surface area contributed by atoms with Crippen molar-refractivity contribution in [2.45, 2.75) is 82.0 Å². The van der Waals surface area contributed by atoms with E-state index >= 15 is 0 Å². The van der Waals surface area contributed by atoms with Crippen LogP contribution in [0, 0.1) is 11.8 Å². The van der Waals surface area contributed by atoms with Gasteiger partial charge < -0.3 is 73.0 Å². The number of unbranched alkanes of at least 4 members (excludes halogenated alkanes) is 1. The highest BCUT2D eigenvalue weighted by molar-refractivity contribution is 7.99. The molecule has 28 heteroatoms. The topological polar surface area (TPSA) is 420 Å². The van der Waals surface area contributed by atoms with E-state index in [0.29, 0.717) is 31.2 Å². The monoisotopic (exact) mass is 1160 g/mol. The third-order valence-electron chi connectivity index (χ3n) is 13.5. The van der Waals surface area contributed by atoms with Gasteiger partial charge >= 0.3 is 47.8 Å². The van der Waals surface area contributed by atoms with Crippen LogP contribution in [0.3, 0.4) is 0 Å². The van der Waals surface area contributed by atoms with Gasteiger partial charge in [0, 0.05) is 76.1 Å². The van der Waals surface area contributed by atoms with Gasteiger partial charge in [0.05, 0.1) is 26.2 Å². The van der Waals surface area contributed by atoms with Gasteiger partial charge in [0.15, 0.2) is 0 Å². The maximum Gasteiger partial charge on any atom is 0.327 e. The number of nitrogens with one attached hydrogen (secondary N) is 7. The molecule has 0 aliphatic heterocycles. The molecule has 3 aromatic carbocycles. The van der Waals surface area contributed by atoms with E-state index < -0.39 is 101 Å². The predicted molar refractivity (Wildman–Crippen MR) is 295 cm³/mol. The first-order valence-electron chi connectivity index (χ1n) is 26.4. The molecule has 444 valence electrons. The molecule has 27 nitrogen and oxygen atoms in total. The van der Waals surface area contributed by atoms with Gasteiger partial charge in [0.1, 0.15) is 24.2 Å². The molecule has 81 heavy (non-hydrogen) atoms. The third-order valence-corrected chi connectivity index (χ3v) is 14.6. The lowest BCUT2D eigenvalue weighted by Crippen LogP contribution is -2.54. The summed E-state index contributed by atoms with van der Waals surface area (Å²) in [5.74, 6) is -11.8. The van der Waals surface area contributed by atoms with Gasteiger partial charge in [-0.2, -0.15) is 11.8 Å². The van der Waals surface area contributed by atoms with Crippen LogP contribution in [0.2, 0.25) is 0 Å². The Kier molecular flexibility index (Phi) is 28.0. The number of hydrogen-bond acceptors (Lipinski definition) is 16. The first-order valence-corrected chi connectivity index (χ1v) is 27.6. The van der Waals surface area contributed by atoms with Crippen LogP contribution in [0.1, 0.15) is 56.9 Å². The highest BCUT2D eigenvalue weighted by atomic mass is 32.2. The summed E-state index contributed by atoms with van der Waals surface area (Å²) < 4.78 is 0. The van der Waals surface area contributed by atoms with Crippen molar-refractivity contribution in [1.29, 1.82) is 0 Å². The second-order valence-electron chi connectivity index (χ2n) is 19.6. The standard InChI is InChI=1S/C53H73N9O18S/c63-43(28-61(19-17-54-26-45(66)67)21-22-62(29-47(70)71)20-18-55-27-46(68)69)56-25-32-13-15-33(16-14-32)48(72)57-40(24-38-36-9-3-1-7-34(36)23-35-8-2-4-10-37(35)38)49(73)58-41(51(76)77)30-81-31-42(52(78)79)60-53(80)59-39(50(74)75)11-5-6-12-44(64)65/h1-4,7-10,23,32-33,39-42,54-55H,5-6,11-22,24-31H2,(H,56,63)(H,57,72)(H,58,73)(H,64,65)(H,66,67)(H,68,69)(H,70,71)(H,74,75)(H,76,77)(H,78,79)(H2,59,60,80)/t32-,33-,39-,40-,41-,42-/m0/s1. The number of nitrogens with zero attached hydrogens (tertiary/aromatic N) is 2. The molecule has 0 bridgehead atoms. The zero-order valence-corrected chi connectivity index (χ0v) is 45.5. The molecule has 14 N–H and O–H groups in total. The summed E-state index contributed by atoms with van der Waals surface area (Å²) in [6, 6.07) is 9.77. The average Bonchev–Trinajstić information content (AvgIpc) is 3.62. The van der Waals surface area contributed by atoms with Gasteiger partial charge in [-0.15, -0.1) is 0 Å². The lowest BCUT2D eigenvalue weighted by atomic mass is 9.81. The van der Waals surface area contributed by atoms with Crippen molar-refractivity contribution >= 4 is 98.8 Å². The molecule has 0 aromatic heterocycles. The molecule has 0 spiro atoms. The normalized spacial score (nSPS) is 15.7. The SMILES string of the molecule is O=C(O)CCCC[C@H](NC(=O)N[C@@H](CSC[C@H](NC(=O)[C@H](Cc1c2ccccc2cc2ccccc12)NC(=O)[C@H]1CC[C@H](CNC(=O)CN(CCNCC(=O)O)CCN(CCNCC(=O)O)CC(=O)O)CC1)C(=O)O)C(=O)O)C(=O)O. The second kappa shape index (κ2) is 34.5. The van der Waals surface area contributed by atoms with Gasteiger partial charge in [0.25, 0.3) is 0 Å². The number of carboxylic acids is 7. The summed E-state index contributed by atoms with van der Waals surface area (Å²) in [7, 11) is 0. The molecule has 0 unspecified atom stereocenters. The number of carboxylic acid groups (broad SMARTS) is 7. The maximum atomic E-state index is 14.4. The number of aliphatic carboxylic acids is 7. The van der Waals surface area contributed by atoms with Crippen LogP contribution >= 0.6 is 11.8 Å². The minimum atomic E-state index is -1.63. The maximum absolute atomic E-state index is 14.4. The molecule has 4 atom stereocenters.